The van der Waals surface area contributed by atoms with Crippen LogP contribution in [0.4, 0.5) is 4.39 Å². The summed E-state index contributed by atoms with van der Waals surface area (Å²) in [5.41, 5.74) is 3.60. The Morgan fingerprint density at radius 2 is 2.05 bits per heavy atom. The minimum absolute atomic E-state index is 0.203. The maximum absolute atomic E-state index is 14.1. The molecule has 0 saturated heterocycles. The fourth-order valence-electron chi connectivity index (χ4n) is 2.40. The van der Waals surface area contributed by atoms with Gasteiger partial charge in [0.25, 0.3) is 0 Å². The Bertz CT molecular complexity index is 607. The van der Waals surface area contributed by atoms with Crippen molar-refractivity contribution in [3.05, 3.63) is 51.0 Å². The standard InChI is InChI=1S/C14H17BrFN3/c1-8-13(9(2)19(4)18-8)14(17-3)11-7-10(15)5-6-12(11)16/h5-7,14,17H,1-4H3. The Kier molecular flexibility index (Phi) is 4.06. The Morgan fingerprint density at radius 1 is 1.37 bits per heavy atom. The molecule has 1 heterocycles. The smallest absolute Gasteiger partial charge is 0.128 e. The molecule has 1 atom stereocenters. The molecule has 2 rings (SSSR count). The third kappa shape index (κ3) is 2.58. The van der Waals surface area contributed by atoms with E-state index in [1.807, 2.05) is 38.7 Å². The fraction of sp³-hybridized carbons (Fsp3) is 0.357. The molecule has 0 radical (unpaired) electrons. The van der Waals surface area contributed by atoms with Gasteiger partial charge in [0.05, 0.1) is 11.7 Å². The predicted molar refractivity (Wildman–Crippen MR) is 77.7 cm³/mol. The summed E-state index contributed by atoms with van der Waals surface area (Å²) in [6.45, 7) is 3.94. The first kappa shape index (κ1) is 14.2. The quantitative estimate of drug-likeness (QED) is 0.938. The number of rotatable bonds is 3. The molecule has 102 valence electrons. The van der Waals surface area contributed by atoms with E-state index >= 15 is 0 Å². The third-order valence-electron chi connectivity index (χ3n) is 3.41. The monoisotopic (exact) mass is 325 g/mol. The van der Waals surface area contributed by atoms with Crippen molar-refractivity contribution in [2.45, 2.75) is 19.9 Å². The van der Waals surface area contributed by atoms with Gasteiger partial charge in [-0.05, 0) is 39.1 Å². The molecule has 0 spiro atoms. The van der Waals surface area contributed by atoms with Crippen LogP contribution in [0.15, 0.2) is 22.7 Å². The zero-order valence-electron chi connectivity index (χ0n) is 11.5. The topological polar surface area (TPSA) is 29.9 Å². The van der Waals surface area contributed by atoms with Gasteiger partial charge in [-0.25, -0.2) is 4.39 Å². The second-order valence-corrected chi connectivity index (χ2v) is 5.51. The van der Waals surface area contributed by atoms with Crippen LogP contribution in [0, 0.1) is 19.7 Å². The molecule has 1 aromatic carbocycles. The first-order valence-electron chi connectivity index (χ1n) is 6.08. The van der Waals surface area contributed by atoms with Crippen LogP contribution in [-0.4, -0.2) is 16.8 Å². The molecule has 1 aromatic heterocycles. The number of aromatic nitrogens is 2. The molecule has 0 bridgehead atoms. The van der Waals surface area contributed by atoms with E-state index in [0.29, 0.717) is 5.56 Å². The predicted octanol–water partition coefficient (Wildman–Crippen LogP) is 3.25. The van der Waals surface area contributed by atoms with Crippen LogP contribution in [0.1, 0.15) is 28.6 Å². The average Bonchev–Trinajstić information content (AvgIpc) is 2.61. The summed E-state index contributed by atoms with van der Waals surface area (Å²) in [4.78, 5) is 0. The minimum atomic E-state index is -0.217. The Hall–Kier alpha value is -1.20. The molecular weight excluding hydrogens is 309 g/mol. The average molecular weight is 326 g/mol. The lowest BCUT2D eigenvalue weighted by Crippen LogP contribution is -2.20. The van der Waals surface area contributed by atoms with Gasteiger partial charge in [0, 0.05) is 28.3 Å². The number of aryl methyl sites for hydroxylation is 2. The van der Waals surface area contributed by atoms with Gasteiger partial charge >= 0.3 is 0 Å². The van der Waals surface area contributed by atoms with Crippen molar-refractivity contribution < 1.29 is 4.39 Å². The van der Waals surface area contributed by atoms with Gasteiger partial charge in [0.1, 0.15) is 5.82 Å². The summed E-state index contributed by atoms with van der Waals surface area (Å²) in [5, 5.41) is 7.58. The highest BCUT2D eigenvalue weighted by Crippen LogP contribution is 2.30. The van der Waals surface area contributed by atoms with Crippen molar-refractivity contribution >= 4 is 15.9 Å². The van der Waals surface area contributed by atoms with Crippen LogP contribution >= 0.6 is 15.9 Å². The second kappa shape index (κ2) is 5.43. The first-order valence-corrected chi connectivity index (χ1v) is 6.87. The van der Waals surface area contributed by atoms with Crippen LogP contribution in [-0.2, 0) is 7.05 Å². The largest absolute Gasteiger partial charge is 0.309 e. The molecule has 0 fully saturated rings. The van der Waals surface area contributed by atoms with Crippen LogP contribution < -0.4 is 5.32 Å². The number of hydrogen-bond donors (Lipinski definition) is 1. The number of nitrogens with one attached hydrogen (secondary N) is 1. The van der Waals surface area contributed by atoms with E-state index in [2.05, 4.69) is 26.3 Å². The lowest BCUT2D eigenvalue weighted by Gasteiger charge is -2.18. The molecule has 5 heteroatoms. The maximum atomic E-state index is 14.1. The first-order chi connectivity index (χ1) is 8.95. The second-order valence-electron chi connectivity index (χ2n) is 4.60. The van der Waals surface area contributed by atoms with Crippen LogP contribution in [0.5, 0.6) is 0 Å². The van der Waals surface area contributed by atoms with Gasteiger partial charge in [-0.2, -0.15) is 5.10 Å². The van der Waals surface area contributed by atoms with Crippen molar-refractivity contribution in [3.63, 3.8) is 0 Å². The van der Waals surface area contributed by atoms with Gasteiger partial charge < -0.3 is 5.32 Å². The molecule has 3 nitrogen and oxygen atoms in total. The highest BCUT2D eigenvalue weighted by Gasteiger charge is 2.23. The number of benzene rings is 1. The Balaban J connectivity index is 2.59. The van der Waals surface area contributed by atoms with Gasteiger partial charge in [0.15, 0.2) is 0 Å². The summed E-state index contributed by atoms with van der Waals surface area (Å²) in [7, 11) is 3.73. The molecule has 1 unspecified atom stereocenters. The number of nitrogens with zero attached hydrogens (tertiary/aromatic N) is 2. The minimum Gasteiger partial charge on any atom is -0.309 e. The SMILES string of the molecule is CNC(c1cc(Br)ccc1F)c1c(C)nn(C)c1C. The molecule has 0 aliphatic heterocycles. The van der Waals surface area contributed by atoms with Crippen molar-refractivity contribution in [2.75, 3.05) is 7.05 Å². The summed E-state index contributed by atoms with van der Waals surface area (Å²) in [6.07, 6.45) is 0. The lowest BCUT2D eigenvalue weighted by molar-refractivity contribution is 0.573. The van der Waals surface area contributed by atoms with Crippen LogP contribution in [0.2, 0.25) is 0 Å². The summed E-state index contributed by atoms with van der Waals surface area (Å²) in [6, 6.07) is 4.79. The van der Waals surface area contributed by atoms with E-state index in [1.165, 1.54) is 6.07 Å². The molecular formula is C14H17BrFN3. The fourth-order valence-corrected chi connectivity index (χ4v) is 2.78. The van der Waals surface area contributed by atoms with E-state index in [4.69, 9.17) is 0 Å². The van der Waals surface area contributed by atoms with Crippen molar-refractivity contribution in [1.82, 2.24) is 15.1 Å². The van der Waals surface area contributed by atoms with Crippen molar-refractivity contribution in [1.29, 1.82) is 0 Å². The highest BCUT2D eigenvalue weighted by atomic mass is 79.9. The van der Waals surface area contributed by atoms with Gasteiger partial charge in [0.2, 0.25) is 0 Å². The molecule has 0 aliphatic rings. The zero-order chi connectivity index (χ0) is 14.2. The third-order valence-corrected chi connectivity index (χ3v) is 3.90. The zero-order valence-corrected chi connectivity index (χ0v) is 13.0. The van der Waals surface area contributed by atoms with Crippen LogP contribution in [0.3, 0.4) is 0 Å². The van der Waals surface area contributed by atoms with Crippen LogP contribution in [0.25, 0.3) is 0 Å². The molecule has 19 heavy (non-hydrogen) atoms. The van der Waals surface area contributed by atoms with Gasteiger partial charge in [-0.1, -0.05) is 15.9 Å². The van der Waals surface area contributed by atoms with Gasteiger partial charge in [-0.3, -0.25) is 4.68 Å². The summed E-state index contributed by atoms with van der Waals surface area (Å²) < 4.78 is 16.8. The Labute approximate surface area is 121 Å². The molecule has 1 N–H and O–H groups in total. The van der Waals surface area contributed by atoms with Crippen molar-refractivity contribution in [3.8, 4) is 0 Å². The molecule has 0 amide bonds. The normalized spacial score (nSPS) is 12.7. The van der Waals surface area contributed by atoms with E-state index in [0.717, 1.165) is 21.4 Å². The van der Waals surface area contributed by atoms with Gasteiger partial charge in [-0.15, -0.1) is 0 Å². The van der Waals surface area contributed by atoms with E-state index < -0.39 is 0 Å². The maximum Gasteiger partial charge on any atom is 0.128 e. The lowest BCUT2D eigenvalue weighted by atomic mass is 9.97. The van der Waals surface area contributed by atoms with E-state index in [-0.39, 0.29) is 11.9 Å². The molecule has 0 aliphatic carbocycles. The number of halogens is 2. The summed E-state index contributed by atoms with van der Waals surface area (Å²) >= 11 is 3.39. The molecule has 2 aromatic rings. The van der Waals surface area contributed by atoms with Crippen molar-refractivity contribution in [2.24, 2.45) is 7.05 Å². The molecule has 0 saturated carbocycles. The van der Waals surface area contributed by atoms with E-state index in [9.17, 15) is 4.39 Å². The Morgan fingerprint density at radius 3 is 2.58 bits per heavy atom. The van der Waals surface area contributed by atoms with E-state index in [1.54, 1.807) is 6.07 Å². The highest BCUT2D eigenvalue weighted by molar-refractivity contribution is 9.10. The number of hydrogen-bond acceptors (Lipinski definition) is 2. The summed E-state index contributed by atoms with van der Waals surface area (Å²) in [5.74, 6) is -0.217.